The molecule has 2 N–H and O–H groups in total. The van der Waals surface area contributed by atoms with Gasteiger partial charge < -0.3 is 10.6 Å². The van der Waals surface area contributed by atoms with Crippen molar-refractivity contribution in [3.63, 3.8) is 0 Å². The molecule has 3 aromatic rings. The Morgan fingerprint density at radius 2 is 1.72 bits per heavy atom. The van der Waals surface area contributed by atoms with Crippen LogP contribution in [0, 0.1) is 0 Å². The van der Waals surface area contributed by atoms with Crippen LogP contribution in [0.15, 0.2) is 66.7 Å². The van der Waals surface area contributed by atoms with Crippen LogP contribution in [0.4, 0.5) is 0 Å². The van der Waals surface area contributed by atoms with Gasteiger partial charge in [0.15, 0.2) is 0 Å². The second kappa shape index (κ2) is 8.15. The molecule has 0 saturated carbocycles. The van der Waals surface area contributed by atoms with Crippen molar-refractivity contribution in [2.45, 2.75) is 19.5 Å². The van der Waals surface area contributed by atoms with Gasteiger partial charge in [0.05, 0.1) is 6.54 Å². The summed E-state index contributed by atoms with van der Waals surface area (Å²) in [6, 6.07) is 22.1. The molecule has 4 heteroatoms. The molecule has 0 unspecified atom stereocenters. The van der Waals surface area contributed by atoms with Gasteiger partial charge in [0, 0.05) is 17.6 Å². The molecule has 3 nitrogen and oxygen atoms in total. The zero-order chi connectivity index (χ0) is 17.6. The number of halogens is 1. The Labute approximate surface area is 153 Å². The second-order valence-corrected chi connectivity index (χ2v) is 6.51. The van der Waals surface area contributed by atoms with Crippen LogP contribution in [-0.4, -0.2) is 12.5 Å². The lowest BCUT2D eigenvalue weighted by atomic mass is 10.00. The topological polar surface area (TPSA) is 41.1 Å². The molecule has 1 amide bonds. The van der Waals surface area contributed by atoms with Gasteiger partial charge in [-0.05, 0) is 41.0 Å². The standard InChI is InChI=1S/C21H21ClN2O/c1-15(19-8-4-6-17-5-2-3-7-20(17)19)23-14-21(25)24-13-16-9-11-18(22)12-10-16/h2-12,15,23H,13-14H2,1H3,(H,24,25)/t15-/m1/s1. The Balaban J connectivity index is 1.55. The van der Waals surface area contributed by atoms with E-state index >= 15 is 0 Å². The van der Waals surface area contributed by atoms with Crippen LogP contribution in [0.3, 0.4) is 0 Å². The quantitative estimate of drug-likeness (QED) is 0.687. The van der Waals surface area contributed by atoms with Gasteiger partial charge in [-0.15, -0.1) is 0 Å². The van der Waals surface area contributed by atoms with Crippen molar-refractivity contribution in [2.24, 2.45) is 0 Å². The number of amides is 1. The highest BCUT2D eigenvalue weighted by Gasteiger charge is 2.10. The van der Waals surface area contributed by atoms with Gasteiger partial charge in [0.1, 0.15) is 0 Å². The molecule has 0 aliphatic rings. The molecule has 0 saturated heterocycles. The van der Waals surface area contributed by atoms with Crippen LogP contribution in [0.1, 0.15) is 24.1 Å². The molecule has 0 radical (unpaired) electrons. The molecule has 0 aliphatic heterocycles. The minimum Gasteiger partial charge on any atom is -0.351 e. The molecule has 25 heavy (non-hydrogen) atoms. The van der Waals surface area contributed by atoms with E-state index in [9.17, 15) is 4.79 Å². The molecule has 0 heterocycles. The first-order valence-corrected chi connectivity index (χ1v) is 8.73. The summed E-state index contributed by atoms with van der Waals surface area (Å²) in [6.07, 6.45) is 0. The van der Waals surface area contributed by atoms with Crippen molar-refractivity contribution in [3.8, 4) is 0 Å². The Morgan fingerprint density at radius 3 is 2.52 bits per heavy atom. The van der Waals surface area contributed by atoms with Crippen LogP contribution in [0.2, 0.25) is 5.02 Å². The van der Waals surface area contributed by atoms with Gasteiger partial charge in [-0.1, -0.05) is 66.2 Å². The Hall–Kier alpha value is -2.36. The molecule has 128 valence electrons. The van der Waals surface area contributed by atoms with E-state index in [1.165, 1.54) is 16.3 Å². The average Bonchev–Trinajstić information content (AvgIpc) is 2.65. The third kappa shape index (κ3) is 4.59. The fraction of sp³-hybridized carbons (Fsp3) is 0.190. The number of benzene rings is 3. The first-order valence-electron chi connectivity index (χ1n) is 8.35. The monoisotopic (exact) mass is 352 g/mol. The number of hydrogen-bond donors (Lipinski definition) is 2. The summed E-state index contributed by atoms with van der Waals surface area (Å²) in [6.45, 7) is 2.85. The summed E-state index contributed by atoms with van der Waals surface area (Å²) in [4.78, 5) is 12.1. The summed E-state index contributed by atoms with van der Waals surface area (Å²) in [5.74, 6) is -0.0259. The van der Waals surface area contributed by atoms with Gasteiger partial charge in [0.25, 0.3) is 0 Å². The van der Waals surface area contributed by atoms with E-state index in [0.29, 0.717) is 11.6 Å². The van der Waals surface area contributed by atoms with Crippen LogP contribution in [0.25, 0.3) is 10.8 Å². The van der Waals surface area contributed by atoms with Gasteiger partial charge >= 0.3 is 0 Å². The molecule has 0 spiro atoms. The van der Waals surface area contributed by atoms with Crippen molar-refractivity contribution < 1.29 is 4.79 Å². The summed E-state index contributed by atoms with van der Waals surface area (Å²) in [7, 11) is 0. The molecular weight excluding hydrogens is 332 g/mol. The van der Waals surface area contributed by atoms with E-state index in [0.717, 1.165) is 5.56 Å². The minimum atomic E-state index is -0.0259. The van der Waals surface area contributed by atoms with Crippen molar-refractivity contribution >= 4 is 28.3 Å². The predicted octanol–water partition coefficient (Wildman–Crippen LogP) is 4.46. The van der Waals surface area contributed by atoms with Crippen LogP contribution >= 0.6 is 11.6 Å². The summed E-state index contributed by atoms with van der Waals surface area (Å²) < 4.78 is 0. The number of nitrogens with one attached hydrogen (secondary N) is 2. The normalized spacial score (nSPS) is 12.1. The molecule has 0 fully saturated rings. The van der Waals surface area contributed by atoms with Crippen molar-refractivity contribution in [1.29, 1.82) is 0 Å². The second-order valence-electron chi connectivity index (χ2n) is 6.07. The maximum atomic E-state index is 12.1. The molecular formula is C21H21ClN2O. The van der Waals surface area contributed by atoms with Gasteiger partial charge in [-0.2, -0.15) is 0 Å². The third-order valence-electron chi connectivity index (χ3n) is 4.26. The largest absolute Gasteiger partial charge is 0.351 e. The van der Waals surface area contributed by atoms with Crippen molar-refractivity contribution in [1.82, 2.24) is 10.6 Å². The molecule has 0 bridgehead atoms. The van der Waals surface area contributed by atoms with Crippen molar-refractivity contribution in [3.05, 3.63) is 82.9 Å². The smallest absolute Gasteiger partial charge is 0.234 e. The van der Waals surface area contributed by atoms with E-state index in [1.807, 2.05) is 36.4 Å². The van der Waals surface area contributed by atoms with E-state index in [1.54, 1.807) is 0 Å². The highest BCUT2D eigenvalue weighted by atomic mass is 35.5. The zero-order valence-electron chi connectivity index (χ0n) is 14.1. The molecule has 3 rings (SSSR count). The molecule has 1 atom stereocenters. The first kappa shape index (κ1) is 17.5. The van der Waals surface area contributed by atoms with Gasteiger partial charge in [-0.25, -0.2) is 0 Å². The summed E-state index contributed by atoms with van der Waals surface area (Å²) >= 11 is 5.86. The number of rotatable bonds is 6. The van der Waals surface area contributed by atoms with E-state index in [2.05, 4.69) is 47.9 Å². The highest BCUT2D eigenvalue weighted by Crippen LogP contribution is 2.23. The number of carbonyl (C=O) groups is 1. The van der Waals surface area contributed by atoms with Crippen LogP contribution in [-0.2, 0) is 11.3 Å². The van der Waals surface area contributed by atoms with Crippen LogP contribution in [0.5, 0.6) is 0 Å². The maximum absolute atomic E-state index is 12.1. The Kier molecular flexibility index (Phi) is 5.69. The lowest BCUT2D eigenvalue weighted by Gasteiger charge is -2.16. The van der Waals surface area contributed by atoms with Gasteiger partial charge in [0.2, 0.25) is 5.91 Å². The fourth-order valence-corrected chi connectivity index (χ4v) is 2.98. The number of hydrogen-bond acceptors (Lipinski definition) is 2. The number of fused-ring (bicyclic) bond motifs is 1. The Morgan fingerprint density at radius 1 is 1.00 bits per heavy atom. The van der Waals surface area contributed by atoms with Crippen LogP contribution < -0.4 is 10.6 Å². The predicted molar refractivity (Wildman–Crippen MR) is 104 cm³/mol. The number of carbonyl (C=O) groups excluding carboxylic acids is 1. The van der Waals surface area contributed by atoms with Gasteiger partial charge in [-0.3, -0.25) is 4.79 Å². The molecule has 3 aromatic carbocycles. The molecule has 0 aromatic heterocycles. The zero-order valence-corrected chi connectivity index (χ0v) is 14.9. The SMILES string of the molecule is C[C@@H](NCC(=O)NCc1ccc(Cl)cc1)c1cccc2ccccc12. The van der Waals surface area contributed by atoms with E-state index < -0.39 is 0 Å². The maximum Gasteiger partial charge on any atom is 0.234 e. The summed E-state index contributed by atoms with van der Waals surface area (Å²) in [5.41, 5.74) is 2.23. The van der Waals surface area contributed by atoms with E-state index in [4.69, 9.17) is 11.6 Å². The fourth-order valence-electron chi connectivity index (χ4n) is 2.85. The average molecular weight is 353 g/mol. The lowest BCUT2D eigenvalue weighted by molar-refractivity contribution is -0.120. The minimum absolute atomic E-state index is 0.0259. The van der Waals surface area contributed by atoms with Crippen molar-refractivity contribution in [2.75, 3.05) is 6.54 Å². The lowest BCUT2D eigenvalue weighted by Crippen LogP contribution is -2.34. The van der Waals surface area contributed by atoms with E-state index in [-0.39, 0.29) is 18.5 Å². The first-order chi connectivity index (χ1) is 12.1. The Bertz CT molecular complexity index is 856. The third-order valence-corrected chi connectivity index (χ3v) is 4.51. The molecule has 0 aliphatic carbocycles. The highest BCUT2D eigenvalue weighted by molar-refractivity contribution is 6.30. The summed E-state index contributed by atoms with van der Waals surface area (Å²) in [5, 5.41) is 9.34.